The topological polar surface area (TPSA) is 94.1 Å². The van der Waals surface area contributed by atoms with Gasteiger partial charge in [0.25, 0.3) is 0 Å². The molecule has 8 heteroatoms. The molecule has 1 aromatic rings. The number of nitrogens with two attached hydrogens (primary N) is 1. The van der Waals surface area contributed by atoms with Crippen molar-refractivity contribution < 1.29 is 28.3 Å². The van der Waals surface area contributed by atoms with Crippen molar-refractivity contribution >= 4 is 17.9 Å². The first-order valence-corrected chi connectivity index (χ1v) is 5.09. The standard InChI is InChI=1S/C11H12F2N2O4/c1-7(16)8-2-9(15-6-19-14)4-10(3-8)18-5-11(12,13)17/h2-4,6,17H,5,14H2,1H3. The third-order valence-corrected chi connectivity index (χ3v) is 1.97. The van der Waals surface area contributed by atoms with Gasteiger partial charge in [0.15, 0.2) is 12.4 Å². The summed E-state index contributed by atoms with van der Waals surface area (Å²) in [5, 5.41) is 8.28. The third kappa shape index (κ3) is 5.40. The van der Waals surface area contributed by atoms with E-state index in [-0.39, 0.29) is 22.8 Å². The Morgan fingerprint density at radius 2 is 2.21 bits per heavy atom. The van der Waals surface area contributed by atoms with Crippen LogP contribution in [0.25, 0.3) is 0 Å². The number of benzene rings is 1. The zero-order valence-electron chi connectivity index (χ0n) is 9.97. The molecule has 0 aliphatic carbocycles. The fourth-order valence-electron chi connectivity index (χ4n) is 1.21. The Hall–Kier alpha value is -2.06. The summed E-state index contributed by atoms with van der Waals surface area (Å²) in [5.41, 5.74) is 0.442. The second-order valence-corrected chi connectivity index (χ2v) is 3.60. The fraction of sp³-hybridized carbons (Fsp3) is 0.273. The van der Waals surface area contributed by atoms with Crippen molar-refractivity contribution in [2.45, 2.75) is 13.0 Å². The Morgan fingerprint density at radius 3 is 2.74 bits per heavy atom. The maximum Gasteiger partial charge on any atom is 0.387 e. The van der Waals surface area contributed by atoms with Crippen LogP contribution in [0.1, 0.15) is 17.3 Å². The smallest absolute Gasteiger partial charge is 0.387 e. The average Bonchev–Trinajstić information content (AvgIpc) is 2.32. The molecule has 6 nitrogen and oxygen atoms in total. The van der Waals surface area contributed by atoms with Gasteiger partial charge in [0.05, 0.1) is 5.69 Å². The van der Waals surface area contributed by atoms with E-state index in [1.807, 2.05) is 0 Å². The lowest BCUT2D eigenvalue weighted by Crippen LogP contribution is -2.24. The van der Waals surface area contributed by atoms with Crippen LogP contribution in [0.2, 0.25) is 0 Å². The molecule has 0 saturated carbocycles. The van der Waals surface area contributed by atoms with Gasteiger partial charge in [-0.3, -0.25) is 4.79 Å². The Bertz CT molecular complexity index is 486. The summed E-state index contributed by atoms with van der Waals surface area (Å²) in [6, 6.07) is 3.95. The predicted molar refractivity (Wildman–Crippen MR) is 62.5 cm³/mol. The second kappa shape index (κ2) is 6.21. The summed E-state index contributed by atoms with van der Waals surface area (Å²) < 4.78 is 29.2. The maximum absolute atomic E-state index is 12.3. The minimum absolute atomic E-state index is 0.0365. The molecule has 19 heavy (non-hydrogen) atoms. The van der Waals surface area contributed by atoms with Crippen LogP contribution in [0.15, 0.2) is 23.2 Å². The molecular weight excluding hydrogens is 262 g/mol. The summed E-state index contributed by atoms with van der Waals surface area (Å²) >= 11 is 0. The molecule has 0 fully saturated rings. The lowest BCUT2D eigenvalue weighted by Gasteiger charge is -2.11. The lowest BCUT2D eigenvalue weighted by molar-refractivity contribution is -0.216. The van der Waals surface area contributed by atoms with Crippen LogP contribution in [0.4, 0.5) is 14.5 Å². The number of Topliss-reactive ketones (excluding diaryl/α,β-unsaturated/α-hetero) is 1. The molecule has 0 unspecified atom stereocenters. The lowest BCUT2D eigenvalue weighted by atomic mass is 10.1. The summed E-state index contributed by atoms with van der Waals surface area (Å²) in [6.07, 6.45) is -3.06. The molecule has 0 aromatic heterocycles. The van der Waals surface area contributed by atoms with Crippen LogP contribution in [0.5, 0.6) is 5.75 Å². The number of hydrogen-bond acceptors (Lipinski definition) is 6. The fourth-order valence-corrected chi connectivity index (χ4v) is 1.21. The van der Waals surface area contributed by atoms with Crippen LogP contribution >= 0.6 is 0 Å². The number of alkyl halides is 2. The van der Waals surface area contributed by atoms with Gasteiger partial charge in [-0.1, -0.05) is 0 Å². The van der Waals surface area contributed by atoms with Crippen molar-refractivity contribution in [3.63, 3.8) is 0 Å². The maximum atomic E-state index is 12.3. The van der Waals surface area contributed by atoms with Gasteiger partial charge < -0.3 is 14.7 Å². The first-order valence-electron chi connectivity index (χ1n) is 5.09. The van der Waals surface area contributed by atoms with Gasteiger partial charge in [-0.05, 0) is 19.1 Å². The van der Waals surface area contributed by atoms with E-state index in [1.165, 1.54) is 25.1 Å². The van der Waals surface area contributed by atoms with E-state index in [2.05, 4.69) is 14.6 Å². The van der Waals surface area contributed by atoms with E-state index in [0.29, 0.717) is 0 Å². The molecule has 1 rings (SSSR count). The van der Waals surface area contributed by atoms with E-state index < -0.39 is 12.7 Å². The monoisotopic (exact) mass is 274 g/mol. The highest BCUT2D eigenvalue weighted by Gasteiger charge is 2.25. The summed E-state index contributed by atoms with van der Waals surface area (Å²) in [4.78, 5) is 19.1. The number of ketones is 1. The molecule has 0 saturated heterocycles. The van der Waals surface area contributed by atoms with E-state index in [4.69, 9.17) is 11.0 Å². The molecule has 0 spiro atoms. The largest absolute Gasteiger partial charge is 0.484 e. The van der Waals surface area contributed by atoms with Gasteiger partial charge in [-0.2, -0.15) is 14.7 Å². The Labute approximate surface area is 107 Å². The van der Waals surface area contributed by atoms with Gasteiger partial charge in [0.1, 0.15) is 5.75 Å². The normalized spacial score (nSPS) is 11.6. The summed E-state index contributed by atoms with van der Waals surface area (Å²) in [5.74, 6) is 4.41. The van der Waals surface area contributed by atoms with Crippen molar-refractivity contribution in [1.82, 2.24) is 0 Å². The second-order valence-electron chi connectivity index (χ2n) is 3.60. The number of rotatable bonds is 6. The molecule has 0 heterocycles. The molecule has 0 radical (unpaired) electrons. The summed E-state index contributed by atoms with van der Waals surface area (Å²) in [6.45, 7) is 0.0671. The highest BCUT2D eigenvalue weighted by Crippen LogP contribution is 2.24. The van der Waals surface area contributed by atoms with Gasteiger partial charge in [0, 0.05) is 11.6 Å². The SMILES string of the molecule is CC(=O)c1cc(N=CON)cc(OCC(O)(F)F)c1. The molecule has 3 N–H and O–H groups in total. The van der Waals surface area contributed by atoms with E-state index in [0.717, 1.165) is 6.40 Å². The molecule has 0 bridgehead atoms. The van der Waals surface area contributed by atoms with Crippen molar-refractivity contribution in [2.24, 2.45) is 10.9 Å². The highest BCUT2D eigenvalue weighted by molar-refractivity contribution is 5.95. The van der Waals surface area contributed by atoms with Crippen LogP contribution < -0.4 is 10.6 Å². The minimum Gasteiger partial charge on any atom is -0.484 e. The van der Waals surface area contributed by atoms with Crippen molar-refractivity contribution in [3.8, 4) is 5.75 Å². The average molecular weight is 274 g/mol. The zero-order valence-corrected chi connectivity index (χ0v) is 9.97. The Morgan fingerprint density at radius 1 is 1.53 bits per heavy atom. The quantitative estimate of drug-likeness (QED) is 0.354. The van der Waals surface area contributed by atoms with Gasteiger partial charge in [0.2, 0.25) is 6.40 Å². The number of nitrogens with zero attached hydrogens (tertiary/aromatic N) is 1. The number of aliphatic hydroxyl groups is 1. The number of carbonyl (C=O) groups is 1. The van der Waals surface area contributed by atoms with Crippen LogP contribution in [0, 0.1) is 0 Å². The van der Waals surface area contributed by atoms with Crippen LogP contribution in [0.3, 0.4) is 0 Å². The van der Waals surface area contributed by atoms with E-state index in [1.54, 1.807) is 0 Å². The molecule has 0 aliphatic heterocycles. The van der Waals surface area contributed by atoms with Gasteiger partial charge >= 0.3 is 6.11 Å². The predicted octanol–water partition coefficient (Wildman–Crippen LogP) is 1.40. The van der Waals surface area contributed by atoms with Crippen LogP contribution in [-0.2, 0) is 4.84 Å². The van der Waals surface area contributed by atoms with Crippen molar-refractivity contribution in [2.75, 3.05) is 6.61 Å². The molecule has 0 atom stereocenters. The number of carbonyl (C=O) groups excluding carboxylic acids is 1. The third-order valence-electron chi connectivity index (χ3n) is 1.97. The molecule has 0 amide bonds. The molecule has 0 aliphatic rings. The first-order chi connectivity index (χ1) is 8.81. The number of aliphatic imine (C=N–C) groups is 1. The number of ether oxygens (including phenoxy) is 1. The molecule has 1 aromatic carbocycles. The summed E-state index contributed by atoms with van der Waals surface area (Å²) in [7, 11) is 0. The Kier molecular flexibility index (Phi) is 4.90. The number of hydrogen-bond donors (Lipinski definition) is 2. The van der Waals surface area contributed by atoms with Crippen LogP contribution in [-0.4, -0.2) is 30.0 Å². The van der Waals surface area contributed by atoms with Crippen molar-refractivity contribution in [1.29, 1.82) is 0 Å². The van der Waals surface area contributed by atoms with Gasteiger partial charge in [-0.25, -0.2) is 4.99 Å². The van der Waals surface area contributed by atoms with Gasteiger partial charge in [-0.15, -0.1) is 0 Å². The molecular formula is C11H12F2N2O4. The van der Waals surface area contributed by atoms with E-state index in [9.17, 15) is 13.6 Å². The zero-order chi connectivity index (χ0) is 14.5. The molecule has 104 valence electrons. The Balaban J connectivity index is 2.99. The first kappa shape index (κ1) is 15.0. The van der Waals surface area contributed by atoms with E-state index >= 15 is 0 Å². The van der Waals surface area contributed by atoms with Crippen molar-refractivity contribution in [3.05, 3.63) is 23.8 Å². The number of halogens is 2. The highest BCUT2D eigenvalue weighted by atomic mass is 19.3. The minimum atomic E-state index is -3.96.